The van der Waals surface area contributed by atoms with E-state index in [-0.39, 0.29) is 0 Å². The molecule has 0 amide bonds. The summed E-state index contributed by atoms with van der Waals surface area (Å²) in [6, 6.07) is 45.1. The molecule has 2 nitrogen and oxygen atoms in total. The lowest BCUT2D eigenvalue weighted by Gasteiger charge is -2.11. The molecule has 0 saturated carbocycles. The van der Waals surface area contributed by atoms with E-state index in [1.807, 2.05) is 54.6 Å². The van der Waals surface area contributed by atoms with Crippen LogP contribution in [0.4, 0.5) is 0 Å². The van der Waals surface area contributed by atoms with E-state index < -0.39 is 9.84 Å². The third kappa shape index (κ3) is 3.24. The van der Waals surface area contributed by atoms with Crippen molar-refractivity contribution in [1.29, 1.82) is 0 Å². The molecule has 1 aliphatic heterocycles. The van der Waals surface area contributed by atoms with E-state index in [0.717, 1.165) is 49.4 Å². The Hall–Kier alpha value is -4.73. The van der Waals surface area contributed by atoms with Crippen LogP contribution in [0.2, 0.25) is 0 Å². The third-order valence-corrected chi connectivity index (χ3v) is 9.89. The number of fused-ring (bicyclic) bond motifs is 9. The normalized spacial score (nSPS) is 13.5. The van der Waals surface area contributed by atoms with Gasteiger partial charge in [-0.2, -0.15) is 0 Å². The second kappa shape index (κ2) is 8.13. The highest BCUT2D eigenvalue weighted by Gasteiger charge is 2.36. The van der Waals surface area contributed by atoms with Crippen molar-refractivity contribution in [3.05, 3.63) is 133 Å². The SMILES string of the molecule is O=S1(=O)c2ccc(-c3ccc(-c4ccc5ccccc5c4)cc3)cc2-c2c1c1ccccc1c1ccccc21. The molecule has 0 bridgehead atoms. The largest absolute Gasteiger partial charge is 0.218 e. The molecule has 3 heteroatoms. The Morgan fingerprint density at radius 3 is 1.64 bits per heavy atom. The van der Waals surface area contributed by atoms with Crippen LogP contribution in [0, 0.1) is 0 Å². The average molecular weight is 519 g/mol. The van der Waals surface area contributed by atoms with Crippen LogP contribution in [0.1, 0.15) is 0 Å². The van der Waals surface area contributed by atoms with Crippen molar-refractivity contribution in [1.82, 2.24) is 0 Å². The molecule has 7 aromatic rings. The predicted molar refractivity (Wildman–Crippen MR) is 161 cm³/mol. The molecule has 0 saturated heterocycles. The lowest BCUT2D eigenvalue weighted by molar-refractivity contribution is 0.599. The van der Waals surface area contributed by atoms with E-state index in [9.17, 15) is 8.42 Å². The van der Waals surface area contributed by atoms with Crippen LogP contribution in [0.25, 0.3) is 65.7 Å². The Kier molecular flexibility index (Phi) is 4.64. The maximum atomic E-state index is 13.9. The van der Waals surface area contributed by atoms with Gasteiger partial charge in [-0.05, 0) is 67.4 Å². The molecular formula is C36H22O2S. The molecule has 1 heterocycles. The van der Waals surface area contributed by atoms with Crippen molar-refractivity contribution >= 4 is 42.2 Å². The zero-order valence-electron chi connectivity index (χ0n) is 20.9. The van der Waals surface area contributed by atoms with Gasteiger partial charge < -0.3 is 0 Å². The first-order valence-electron chi connectivity index (χ1n) is 13.0. The summed E-state index contributed by atoms with van der Waals surface area (Å²) in [4.78, 5) is 0.811. The van der Waals surface area contributed by atoms with Gasteiger partial charge in [0.15, 0.2) is 0 Å². The van der Waals surface area contributed by atoms with Crippen molar-refractivity contribution in [3.8, 4) is 33.4 Å². The van der Waals surface area contributed by atoms with E-state index in [1.165, 1.54) is 16.3 Å². The lowest BCUT2D eigenvalue weighted by Crippen LogP contribution is -1.98. The minimum absolute atomic E-state index is 0.385. The first-order chi connectivity index (χ1) is 19.1. The maximum absolute atomic E-state index is 13.9. The van der Waals surface area contributed by atoms with E-state index in [1.54, 1.807) is 6.07 Å². The second-order valence-corrected chi connectivity index (χ2v) is 12.0. The predicted octanol–water partition coefficient (Wildman–Crippen LogP) is 9.29. The molecule has 0 aliphatic carbocycles. The molecule has 0 aromatic heterocycles. The summed E-state index contributed by atoms with van der Waals surface area (Å²) in [7, 11) is -3.64. The lowest BCUT2D eigenvalue weighted by atomic mass is 9.91. The fraction of sp³-hybridized carbons (Fsp3) is 0. The number of hydrogen-bond acceptors (Lipinski definition) is 2. The van der Waals surface area contributed by atoms with Gasteiger partial charge in [0.1, 0.15) is 0 Å². The van der Waals surface area contributed by atoms with Gasteiger partial charge in [0.2, 0.25) is 9.84 Å². The van der Waals surface area contributed by atoms with Crippen LogP contribution in [-0.2, 0) is 9.84 Å². The Morgan fingerprint density at radius 2 is 0.923 bits per heavy atom. The van der Waals surface area contributed by atoms with Gasteiger partial charge in [0, 0.05) is 16.5 Å². The molecule has 7 aromatic carbocycles. The summed E-state index contributed by atoms with van der Waals surface area (Å²) >= 11 is 0. The summed E-state index contributed by atoms with van der Waals surface area (Å²) < 4.78 is 27.8. The van der Waals surface area contributed by atoms with Crippen LogP contribution < -0.4 is 0 Å². The van der Waals surface area contributed by atoms with Gasteiger partial charge in [-0.15, -0.1) is 0 Å². The molecule has 0 fully saturated rings. The van der Waals surface area contributed by atoms with Gasteiger partial charge in [0.25, 0.3) is 0 Å². The smallest absolute Gasteiger partial charge is 0.208 e. The first kappa shape index (κ1) is 22.3. The highest BCUT2D eigenvalue weighted by atomic mass is 32.2. The molecule has 0 spiro atoms. The second-order valence-electron chi connectivity index (χ2n) is 10.1. The molecule has 0 radical (unpaired) electrons. The minimum Gasteiger partial charge on any atom is -0.218 e. The van der Waals surface area contributed by atoms with Crippen LogP contribution in [0.5, 0.6) is 0 Å². The zero-order valence-corrected chi connectivity index (χ0v) is 21.7. The van der Waals surface area contributed by atoms with Crippen LogP contribution in [0.15, 0.2) is 143 Å². The van der Waals surface area contributed by atoms with Gasteiger partial charge in [0.05, 0.1) is 9.79 Å². The van der Waals surface area contributed by atoms with E-state index in [2.05, 4.69) is 72.8 Å². The Morgan fingerprint density at radius 1 is 0.410 bits per heavy atom. The number of benzene rings is 7. The highest BCUT2D eigenvalue weighted by molar-refractivity contribution is 7.92. The summed E-state index contributed by atoms with van der Waals surface area (Å²) in [6.07, 6.45) is 0. The van der Waals surface area contributed by atoms with Gasteiger partial charge in [-0.3, -0.25) is 0 Å². The molecule has 1 aliphatic rings. The molecule has 184 valence electrons. The first-order valence-corrected chi connectivity index (χ1v) is 14.5. The van der Waals surface area contributed by atoms with Crippen molar-refractivity contribution in [2.24, 2.45) is 0 Å². The Bertz CT molecular complexity index is 2230. The third-order valence-electron chi connectivity index (χ3n) is 7.99. The molecule has 0 unspecified atom stereocenters. The Labute approximate surface area is 226 Å². The summed E-state index contributed by atoms with van der Waals surface area (Å²) in [6.45, 7) is 0. The van der Waals surface area contributed by atoms with Crippen molar-refractivity contribution in [2.75, 3.05) is 0 Å². The molecule has 8 rings (SSSR count). The van der Waals surface area contributed by atoms with E-state index >= 15 is 0 Å². The number of rotatable bonds is 2. The van der Waals surface area contributed by atoms with Crippen molar-refractivity contribution < 1.29 is 8.42 Å². The quantitative estimate of drug-likeness (QED) is 0.214. The fourth-order valence-corrected chi connectivity index (χ4v) is 8.00. The van der Waals surface area contributed by atoms with E-state index in [4.69, 9.17) is 0 Å². The number of sulfone groups is 1. The van der Waals surface area contributed by atoms with Gasteiger partial charge in [-0.25, -0.2) is 8.42 Å². The topological polar surface area (TPSA) is 34.1 Å². The average Bonchev–Trinajstić information content (AvgIpc) is 3.23. The summed E-state index contributed by atoms with van der Waals surface area (Å²) in [5, 5.41) is 6.23. The van der Waals surface area contributed by atoms with Gasteiger partial charge in [-0.1, -0.05) is 115 Å². The zero-order chi connectivity index (χ0) is 26.1. The summed E-state index contributed by atoms with van der Waals surface area (Å²) in [5.74, 6) is 0. The van der Waals surface area contributed by atoms with Crippen LogP contribution in [0.3, 0.4) is 0 Å². The maximum Gasteiger partial charge on any atom is 0.208 e. The van der Waals surface area contributed by atoms with Crippen LogP contribution >= 0.6 is 0 Å². The highest BCUT2D eigenvalue weighted by Crippen LogP contribution is 2.51. The molecular weight excluding hydrogens is 496 g/mol. The minimum atomic E-state index is -3.64. The fourth-order valence-electron chi connectivity index (χ4n) is 6.13. The van der Waals surface area contributed by atoms with Crippen molar-refractivity contribution in [3.63, 3.8) is 0 Å². The standard InChI is InChI=1S/C36H22O2S/c37-39(38)34-20-19-28(25-15-13-24(14-16-25)27-18-17-23-7-1-2-8-26(23)21-27)22-33(34)35-31-11-5-3-9-29(31)30-10-4-6-12-32(30)36(35)39/h1-22H. The molecule has 39 heavy (non-hydrogen) atoms. The summed E-state index contributed by atoms with van der Waals surface area (Å²) in [5.41, 5.74) is 5.97. The van der Waals surface area contributed by atoms with Crippen LogP contribution in [-0.4, -0.2) is 8.42 Å². The monoisotopic (exact) mass is 518 g/mol. The Balaban J connectivity index is 1.29. The molecule has 0 atom stereocenters. The van der Waals surface area contributed by atoms with E-state index in [0.29, 0.717) is 9.79 Å². The molecule has 0 N–H and O–H groups in total. The number of hydrogen-bond donors (Lipinski definition) is 0. The van der Waals surface area contributed by atoms with Gasteiger partial charge >= 0.3 is 0 Å². The van der Waals surface area contributed by atoms with Crippen molar-refractivity contribution in [2.45, 2.75) is 9.79 Å².